The fourth-order valence-corrected chi connectivity index (χ4v) is 2.40. The number of carbonyl (C=O) groups is 1. The summed E-state index contributed by atoms with van der Waals surface area (Å²) in [6.07, 6.45) is 5.09. The lowest BCUT2D eigenvalue weighted by molar-refractivity contribution is -0.157. The number of rotatable bonds is 4. The quantitative estimate of drug-likeness (QED) is 0.477. The van der Waals surface area contributed by atoms with Crippen LogP contribution in [0.3, 0.4) is 0 Å². The van der Waals surface area contributed by atoms with E-state index < -0.39 is 5.41 Å². The summed E-state index contributed by atoms with van der Waals surface area (Å²) in [5.41, 5.74) is 0.748. The number of ether oxygens (including phenoxy) is 1. The Kier molecular flexibility index (Phi) is 5.41. The molecule has 0 unspecified atom stereocenters. The van der Waals surface area contributed by atoms with E-state index in [0.29, 0.717) is 6.42 Å². The first-order chi connectivity index (χ1) is 11.2. The zero-order chi connectivity index (χ0) is 17.9. The van der Waals surface area contributed by atoms with Gasteiger partial charge < -0.3 is 9.64 Å². The number of aromatic nitrogens is 2. The summed E-state index contributed by atoms with van der Waals surface area (Å²) in [4.78, 5) is 35.4. The summed E-state index contributed by atoms with van der Waals surface area (Å²) in [5.74, 6) is -0.0919. The molecule has 0 radical (unpaired) electrons. The van der Waals surface area contributed by atoms with Crippen LogP contribution in [0.1, 0.15) is 44.9 Å². The van der Waals surface area contributed by atoms with Gasteiger partial charge in [-0.05, 0) is 46.5 Å². The fraction of sp³-hybridized carbons (Fsp3) is 0.647. The lowest BCUT2D eigenvalue weighted by Crippen LogP contribution is -2.32. The van der Waals surface area contributed by atoms with Crippen LogP contribution in [0.4, 0.5) is 5.95 Å². The second-order valence-electron chi connectivity index (χ2n) is 7.30. The van der Waals surface area contributed by atoms with Gasteiger partial charge in [0.25, 0.3) is 5.56 Å². The Labute approximate surface area is 142 Å². The molecule has 0 saturated heterocycles. The molecule has 1 aromatic rings. The van der Waals surface area contributed by atoms with Gasteiger partial charge in [-0.15, -0.1) is 0 Å². The molecule has 0 amide bonds. The van der Waals surface area contributed by atoms with Crippen LogP contribution in [-0.2, 0) is 29.1 Å². The van der Waals surface area contributed by atoms with E-state index in [1.165, 1.54) is 4.57 Å². The molecule has 0 spiro atoms. The Balaban J connectivity index is 2.39. The Bertz CT molecular complexity index is 699. The van der Waals surface area contributed by atoms with Gasteiger partial charge >= 0.3 is 5.97 Å². The summed E-state index contributed by atoms with van der Waals surface area (Å²) < 4.78 is 6.65. The number of hydrogen-bond donors (Lipinski definition) is 0. The maximum Gasteiger partial charge on any atom is 0.312 e. The van der Waals surface area contributed by atoms with E-state index in [2.05, 4.69) is 9.98 Å². The minimum atomic E-state index is -0.627. The molecule has 0 bridgehead atoms. The van der Waals surface area contributed by atoms with Crippen molar-refractivity contribution in [2.75, 3.05) is 14.1 Å². The molecular formula is C17H26N4O3. The number of fused-ring (bicyclic) bond motifs is 1. The van der Waals surface area contributed by atoms with Crippen LogP contribution in [0.5, 0.6) is 0 Å². The van der Waals surface area contributed by atoms with Crippen LogP contribution in [0, 0.1) is 5.41 Å². The van der Waals surface area contributed by atoms with Gasteiger partial charge in [0.1, 0.15) is 0 Å². The molecule has 0 N–H and O–H groups in total. The van der Waals surface area contributed by atoms with Crippen LogP contribution < -0.4 is 5.56 Å². The van der Waals surface area contributed by atoms with E-state index in [0.717, 1.165) is 30.5 Å². The van der Waals surface area contributed by atoms with Crippen molar-refractivity contribution in [1.29, 1.82) is 0 Å². The van der Waals surface area contributed by atoms with Crippen LogP contribution in [-0.4, -0.2) is 40.9 Å². The van der Waals surface area contributed by atoms with Gasteiger partial charge in [0, 0.05) is 19.7 Å². The molecular weight excluding hydrogens is 308 g/mol. The highest BCUT2D eigenvalue weighted by Crippen LogP contribution is 2.20. The predicted molar refractivity (Wildman–Crippen MR) is 92.5 cm³/mol. The molecule has 0 atom stereocenters. The Morgan fingerprint density at radius 3 is 2.62 bits per heavy atom. The lowest BCUT2D eigenvalue weighted by atomic mass is 9.97. The van der Waals surface area contributed by atoms with Gasteiger partial charge in [-0.2, -0.15) is 0 Å². The smallest absolute Gasteiger partial charge is 0.312 e. The van der Waals surface area contributed by atoms with E-state index in [1.807, 2.05) is 14.1 Å². The first-order valence-electron chi connectivity index (χ1n) is 8.20. The molecule has 24 heavy (non-hydrogen) atoms. The largest absolute Gasteiger partial charge is 0.443 e. The van der Waals surface area contributed by atoms with E-state index in [4.69, 9.17) is 4.74 Å². The Morgan fingerprint density at radius 1 is 1.33 bits per heavy atom. The maximum atomic E-state index is 12.8. The monoisotopic (exact) mass is 334 g/mol. The first-order valence-corrected chi connectivity index (χ1v) is 8.20. The third-order valence-electron chi connectivity index (χ3n) is 3.76. The molecule has 1 aliphatic carbocycles. The first kappa shape index (κ1) is 18.2. The van der Waals surface area contributed by atoms with Crippen LogP contribution >= 0.6 is 0 Å². The summed E-state index contributed by atoms with van der Waals surface area (Å²) in [5, 5.41) is 0. The van der Waals surface area contributed by atoms with Crippen molar-refractivity contribution in [2.45, 2.75) is 53.2 Å². The summed E-state index contributed by atoms with van der Waals surface area (Å²) in [6.45, 7) is 5.15. The third kappa shape index (κ3) is 4.21. The summed E-state index contributed by atoms with van der Waals surface area (Å²) >= 11 is 0. The van der Waals surface area contributed by atoms with Crippen molar-refractivity contribution in [3.05, 3.63) is 21.6 Å². The number of hydrogen-bond acceptors (Lipinski definition) is 5. The van der Waals surface area contributed by atoms with Crippen molar-refractivity contribution < 1.29 is 9.53 Å². The normalized spacial score (nSPS) is 14.5. The van der Waals surface area contributed by atoms with E-state index in [1.54, 1.807) is 32.0 Å². The average Bonchev–Trinajstić information content (AvgIpc) is 2.51. The molecule has 1 aromatic heterocycles. The van der Waals surface area contributed by atoms with Crippen molar-refractivity contribution in [3.63, 3.8) is 0 Å². The number of carbonyl (C=O) groups excluding carboxylic acids is 1. The fourth-order valence-electron chi connectivity index (χ4n) is 2.40. The minimum absolute atomic E-state index is 0.160. The maximum absolute atomic E-state index is 12.8. The number of aliphatic imine (C=N–C) groups is 1. The van der Waals surface area contributed by atoms with Gasteiger partial charge in [-0.1, -0.05) is 0 Å². The molecule has 0 saturated carbocycles. The SMILES string of the molecule is CN(C)C=Nc1nc2c(c(=O)n1COC(=O)C(C)(C)C)CCCC2. The topological polar surface area (TPSA) is 76.8 Å². The van der Waals surface area contributed by atoms with Gasteiger partial charge in [0.2, 0.25) is 5.95 Å². The number of esters is 1. The molecule has 1 aliphatic rings. The van der Waals surface area contributed by atoms with Crippen LogP contribution in [0.15, 0.2) is 9.79 Å². The van der Waals surface area contributed by atoms with Gasteiger partial charge in [0.05, 0.1) is 17.4 Å². The van der Waals surface area contributed by atoms with E-state index in [-0.39, 0.29) is 24.2 Å². The van der Waals surface area contributed by atoms with Gasteiger partial charge in [0.15, 0.2) is 6.73 Å². The molecule has 132 valence electrons. The molecule has 0 aromatic carbocycles. The highest BCUT2D eigenvalue weighted by Gasteiger charge is 2.25. The van der Waals surface area contributed by atoms with Crippen LogP contribution in [0.2, 0.25) is 0 Å². The van der Waals surface area contributed by atoms with Gasteiger partial charge in [-0.3, -0.25) is 9.59 Å². The minimum Gasteiger partial charge on any atom is -0.443 e. The molecule has 2 rings (SSSR count). The molecule has 0 aliphatic heterocycles. The average molecular weight is 334 g/mol. The predicted octanol–water partition coefficient (Wildman–Crippen LogP) is 1.89. The van der Waals surface area contributed by atoms with Gasteiger partial charge in [-0.25, -0.2) is 14.5 Å². The van der Waals surface area contributed by atoms with Crippen molar-refractivity contribution in [3.8, 4) is 0 Å². The standard InChI is InChI=1S/C17H26N4O3/c1-17(2,3)15(23)24-11-21-14(22)12-8-6-7-9-13(12)19-16(21)18-10-20(4)5/h10H,6-9,11H2,1-5H3. The highest BCUT2D eigenvalue weighted by molar-refractivity contribution is 5.75. The molecule has 7 nitrogen and oxygen atoms in total. The second-order valence-corrected chi connectivity index (χ2v) is 7.30. The van der Waals surface area contributed by atoms with E-state index >= 15 is 0 Å². The zero-order valence-corrected chi connectivity index (χ0v) is 15.1. The summed E-state index contributed by atoms with van der Waals surface area (Å²) in [6, 6.07) is 0. The molecule has 1 heterocycles. The Morgan fingerprint density at radius 2 is 2.00 bits per heavy atom. The highest BCUT2D eigenvalue weighted by atomic mass is 16.5. The van der Waals surface area contributed by atoms with E-state index in [9.17, 15) is 9.59 Å². The number of aryl methyl sites for hydroxylation is 1. The lowest BCUT2D eigenvalue weighted by Gasteiger charge is -2.20. The van der Waals surface area contributed by atoms with Crippen molar-refractivity contribution in [2.24, 2.45) is 10.4 Å². The second kappa shape index (κ2) is 7.15. The Hall–Kier alpha value is -2.18. The number of nitrogens with zero attached hydrogens (tertiary/aromatic N) is 4. The summed E-state index contributed by atoms with van der Waals surface area (Å²) in [7, 11) is 3.67. The molecule has 0 fully saturated rings. The zero-order valence-electron chi connectivity index (χ0n) is 15.1. The van der Waals surface area contributed by atoms with Crippen LogP contribution in [0.25, 0.3) is 0 Å². The van der Waals surface area contributed by atoms with Crippen molar-refractivity contribution in [1.82, 2.24) is 14.5 Å². The van der Waals surface area contributed by atoms with Crippen molar-refractivity contribution >= 4 is 18.3 Å². The third-order valence-corrected chi connectivity index (χ3v) is 3.76. The molecule has 7 heteroatoms.